The summed E-state index contributed by atoms with van der Waals surface area (Å²) in [5.41, 5.74) is 1.19. The summed E-state index contributed by atoms with van der Waals surface area (Å²) in [6, 6.07) is 11.1. The Balaban J connectivity index is 0.000000162. The van der Waals surface area contributed by atoms with Crippen LogP contribution in [0.5, 0.6) is 0 Å². The third kappa shape index (κ3) is 5.24. The highest BCUT2D eigenvalue weighted by Crippen LogP contribution is 2.31. The number of carbonyl (C=O) groups is 1. The third-order valence-corrected chi connectivity index (χ3v) is 5.67. The second-order valence-corrected chi connectivity index (χ2v) is 7.83. The highest BCUT2D eigenvalue weighted by atomic mass is 32.1. The van der Waals surface area contributed by atoms with Gasteiger partial charge in [-0.1, -0.05) is 66.1 Å². The van der Waals surface area contributed by atoms with Gasteiger partial charge in [0.25, 0.3) is 5.91 Å². The Morgan fingerprint density at radius 3 is 2.64 bits per heavy atom. The van der Waals surface area contributed by atoms with E-state index in [1.54, 1.807) is 31.4 Å². The van der Waals surface area contributed by atoms with E-state index in [4.69, 9.17) is 4.52 Å². The van der Waals surface area contributed by atoms with Crippen molar-refractivity contribution in [3.63, 3.8) is 0 Å². The summed E-state index contributed by atoms with van der Waals surface area (Å²) in [5.74, 6) is 1.17. The number of amides is 1. The van der Waals surface area contributed by atoms with Crippen LogP contribution in [0.2, 0.25) is 0 Å². The van der Waals surface area contributed by atoms with Gasteiger partial charge in [0.15, 0.2) is 11.5 Å². The van der Waals surface area contributed by atoms with E-state index >= 15 is 0 Å². The molecule has 3 aromatic rings. The van der Waals surface area contributed by atoms with Gasteiger partial charge in [-0.25, -0.2) is 0 Å². The molecule has 0 saturated heterocycles. The number of aliphatic hydroxyl groups excluding tert-OH is 1. The molecule has 28 heavy (non-hydrogen) atoms. The Morgan fingerprint density at radius 2 is 2.07 bits per heavy atom. The van der Waals surface area contributed by atoms with Crippen molar-refractivity contribution >= 4 is 17.2 Å². The van der Waals surface area contributed by atoms with Crippen molar-refractivity contribution in [3.8, 4) is 11.3 Å². The average Bonchev–Trinajstić information content (AvgIpc) is 3.35. The van der Waals surface area contributed by atoms with Crippen LogP contribution in [0.1, 0.15) is 52.8 Å². The van der Waals surface area contributed by atoms with Gasteiger partial charge in [-0.3, -0.25) is 4.79 Å². The molecule has 0 bridgehead atoms. The molecule has 7 nitrogen and oxygen atoms in total. The van der Waals surface area contributed by atoms with Crippen LogP contribution in [0.25, 0.3) is 11.3 Å². The van der Waals surface area contributed by atoms with Crippen LogP contribution >= 0.6 is 11.3 Å². The largest absolute Gasteiger partial charge is 0.386 e. The van der Waals surface area contributed by atoms with Gasteiger partial charge in [0, 0.05) is 25.1 Å². The molecule has 0 spiro atoms. The number of aliphatic hydroxyl groups is 1. The molecule has 1 aromatic carbocycles. The maximum absolute atomic E-state index is 11.2. The lowest BCUT2D eigenvalue weighted by molar-refractivity contribution is 0.0954. The first kappa shape index (κ1) is 20.2. The van der Waals surface area contributed by atoms with Gasteiger partial charge < -0.3 is 14.9 Å². The summed E-state index contributed by atoms with van der Waals surface area (Å²) >= 11 is 1.55. The second kappa shape index (κ2) is 9.57. The van der Waals surface area contributed by atoms with Gasteiger partial charge in [-0.15, -0.1) is 10.2 Å². The number of aromatic nitrogens is 3. The minimum Gasteiger partial charge on any atom is -0.386 e. The van der Waals surface area contributed by atoms with E-state index < -0.39 is 6.10 Å². The Bertz CT molecular complexity index is 888. The lowest BCUT2D eigenvalue weighted by Gasteiger charge is -2.23. The molecule has 1 aliphatic carbocycles. The molecular weight excluding hydrogens is 376 g/mol. The molecule has 1 fully saturated rings. The van der Waals surface area contributed by atoms with Crippen LogP contribution < -0.4 is 5.32 Å². The average molecular weight is 401 g/mol. The molecule has 0 radical (unpaired) electrons. The summed E-state index contributed by atoms with van der Waals surface area (Å²) in [7, 11) is 1.55. The number of rotatable bonds is 5. The summed E-state index contributed by atoms with van der Waals surface area (Å²) in [5, 5.41) is 25.3. The monoisotopic (exact) mass is 400 g/mol. The Hall–Kier alpha value is -2.58. The van der Waals surface area contributed by atoms with Crippen LogP contribution in [0, 0.1) is 5.92 Å². The summed E-state index contributed by atoms with van der Waals surface area (Å²) < 4.78 is 5.06. The van der Waals surface area contributed by atoms with Gasteiger partial charge in [0.05, 0.1) is 0 Å². The van der Waals surface area contributed by atoms with Crippen molar-refractivity contribution in [2.24, 2.45) is 5.92 Å². The number of nitrogens with zero attached hydrogens (tertiary/aromatic N) is 3. The predicted molar refractivity (Wildman–Crippen MR) is 107 cm³/mol. The standard InChI is InChI=1S/C11H10N2O2.C9H14N2OS/c1-12-11(14)9-7-10(15-13-9)8-5-3-2-4-6-8;1-6(12)9-11-10-8(13-9)5-7-3-2-4-7/h2-7H,1H3,(H,12,14);6-7,12H,2-5H2,1H3. The number of carbonyl (C=O) groups excluding carboxylic acids is 1. The number of benzene rings is 1. The van der Waals surface area contributed by atoms with E-state index in [2.05, 4.69) is 20.7 Å². The molecule has 1 unspecified atom stereocenters. The fourth-order valence-electron chi connectivity index (χ4n) is 2.71. The quantitative estimate of drug-likeness (QED) is 0.678. The van der Waals surface area contributed by atoms with E-state index in [1.165, 1.54) is 19.3 Å². The van der Waals surface area contributed by atoms with Crippen LogP contribution in [-0.4, -0.2) is 33.4 Å². The summed E-state index contributed by atoms with van der Waals surface area (Å²) in [4.78, 5) is 11.2. The Morgan fingerprint density at radius 1 is 1.32 bits per heavy atom. The first-order chi connectivity index (χ1) is 13.6. The molecule has 1 atom stereocenters. The van der Waals surface area contributed by atoms with E-state index in [1.807, 2.05) is 30.3 Å². The summed E-state index contributed by atoms with van der Waals surface area (Å²) in [6.07, 6.45) is 4.64. The predicted octanol–water partition coefficient (Wildman–Crippen LogP) is 3.64. The molecule has 1 aliphatic rings. The van der Waals surface area contributed by atoms with E-state index in [0.717, 1.165) is 27.9 Å². The minimum atomic E-state index is -0.465. The molecular formula is C20H24N4O3S. The van der Waals surface area contributed by atoms with Crippen LogP contribution in [0.3, 0.4) is 0 Å². The van der Waals surface area contributed by atoms with Gasteiger partial charge in [0.2, 0.25) is 0 Å². The molecule has 1 saturated carbocycles. The van der Waals surface area contributed by atoms with Crippen molar-refractivity contribution in [2.45, 2.75) is 38.7 Å². The van der Waals surface area contributed by atoms with Crippen LogP contribution in [0.15, 0.2) is 40.9 Å². The second-order valence-electron chi connectivity index (χ2n) is 6.73. The Kier molecular flexibility index (Phi) is 6.89. The molecule has 4 rings (SSSR count). The van der Waals surface area contributed by atoms with Crippen molar-refractivity contribution in [1.82, 2.24) is 20.7 Å². The highest BCUT2D eigenvalue weighted by molar-refractivity contribution is 7.11. The first-order valence-corrected chi connectivity index (χ1v) is 10.1. The normalized spacial score (nSPS) is 14.5. The molecule has 2 aromatic heterocycles. The SMILES string of the molecule is CC(O)c1nnc(CC2CCC2)s1.CNC(=O)c1cc(-c2ccccc2)on1. The topological polar surface area (TPSA) is 101 Å². The number of hydrogen-bond acceptors (Lipinski definition) is 7. The fraction of sp³-hybridized carbons (Fsp3) is 0.400. The third-order valence-electron chi connectivity index (χ3n) is 4.56. The van der Waals surface area contributed by atoms with Crippen molar-refractivity contribution in [2.75, 3.05) is 7.05 Å². The van der Waals surface area contributed by atoms with E-state index in [-0.39, 0.29) is 11.6 Å². The maximum atomic E-state index is 11.2. The zero-order valence-corrected chi connectivity index (χ0v) is 16.8. The summed E-state index contributed by atoms with van der Waals surface area (Å²) in [6.45, 7) is 1.73. The van der Waals surface area contributed by atoms with Gasteiger partial charge >= 0.3 is 0 Å². The molecule has 148 valence electrons. The van der Waals surface area contributed by atoms with E-state index in [0.29, 0.717) is 5.76 Å². The van der Waals surface area contributed by atoms with Crippen molar-refractivity contribution in [1.29, 1.82) is 0 Å². The van der Waals surface area contributed by atoms with Gasteiger partial charge in [0.1, 0.15) is 16.1 Å². The fourth-order valence-corrected chi connectivity index (χ4v) is 3.60. The van der Waals surface area contributed by atoms with Crippen LogP contribution in [-0.2, 0) is 6.42 Å². The smallest absolute Gasteiger partial charge is 0.273 e. The molecule has 2 heterocycles. The highest BCUT2D eigenvalue weighted by Gasteiger charge is 2.20. The van der Waals surface area contributed by atoms with Gasteiger partial charge in [-0.05, 0) is 12.8 Å². The van der Waals surface area contributed by atoms with Crippen molar-refractivity contribution in [3.05, 3.63) is 52.1 Å². The van der Waals surface area contributed by atoms with Crippen molar-refractivity contribution < 1.29 is 14.4 Å². The first-order valence-electron chi connectivity index (χ1n) is 9.31. The van der Waals surface area contributed by atoms with E-state index in [9.17, 15) is 9.90 Å². The van der Waals surface area contributed by atoms with Gasteiger partial charge in [-0.2, -0.15) is 0 Å². The molecule has 8 heteroatoms. The molecule has 0 aliphatic heterocycles. The number of hydrogen-bond donors (Lipinski definition) is 2. The zero-order chi connectivity index (χ0) is 19.9. The lowest BCUT2D eigenvalue weighted by atomic mass is 9.83. The number of nitrogens with one attached hydrogen (secondary N) is 1. The minimum absolute atomic E-state index is 0.249. The molecule has 2 N–H and O–H groups in total. The lowest BCUT2D eigenvalue weighted by Crippen LogP contribution is -2.17. The Labute approximate surface area is 167 Å². The zero-order valence-electron chi connectivity index (χ0n) is 16.0. The van der Waals surface area contributed by atoms with Crippen LogP contribution in [0.4, 0.5) is 0 Å². The maximum Gasteiger partial charge on any atom is 0.273 e. The molecule has 1 amide bonds.